The Hall–Kier alpha value is -3.46. The first-order valence-electron chi connectivity index (χ1n) is 7.51. The third-order valence-corrected chi connectivity index (χ3v) is 3.86. The van der Waals surface area contributed by atoms with Crippen LogP contribution in [0.5, 0.6) is 0 Å². The van der Waals surface area contributed by atoms with Crippen molar-refractivity contribution in [1.29, 1.82) is 5.26 Å². The second-order valence-corrected chi connectivity index (χ2v) is 5.23. The van der Waals surface area contributed by atoms with Gasteiger partial charge < -0.3 is 4.74 Å². The van der Waals surface area contributed by atoms with Crippen molar-refractivity contribution in [3.05, 3.63) is 53.7 Å². The van der Waals surface area contributed by atoms with Crippen LogP contribution in [0.4, 0.5) is 0 Å². The van der Waals surface area contributed by atoms with Crippen molar-refractivity contribution in [2.75, 3.05) is 6.61 Å². The summed E-state index contributed by atoms with van der Waals surface area (Å²) in [6.07, 6.45) is 1.77. The molecule has 24 heavy (non-hydrogen) atoms. The molecule has 0 unspecified atom stereocenters. The number of hydrogen-bond donors (Lipinski definition) is 0. The zero-order valence-electron chi connectivity index (χ0n) is 12.9. The SMILES string of the molecule is CCOC(=O)c1cccn2c1c(C#N)c1nc3ccccc3nc12. The summed E-state index contributed by atoms with van der Waals surface area (Å²) in [5.74, 6) is -0.466. The first kappa shape index (κ1) is 14.2. The molecule has 0 saturated heterocycles. The van der Waals surface area contributed by atoms with E-state index in [9.17, 15) is 10.1 Å². The van der Waals surface area contributed by atoms with Crippen LogP contribution in [-0.2, 0) is 4.74 Å². The summed E-state index contributed by atoms with van der Waals surface area (Å²) in [7, 11) is 0. The molecule has 4 rings (SSSR count). The van der Waals surface area contributed by atoms with E-state index < -0.39 is 5.97 Å². The van der Waals surface area contributed by atoms with Crippen molar-refractivity contribution >= 4 is 33.7 Å². The fourth-order valence-electron chi connectivity index (χ4n) is 2.86. The number of hydrogen-bond acceptors (Lipinski definition) is 5. The zero-order valence-corrected chi connectivity index (χ0v) is 12.9. The lowest BCUT2D eigenvalue weighted by Crippen LogP contribution is -2.06. The molecule has 0 aliphatic heterocycles. The molecule has 0 radical (unpaired) electrons. The first-order chi connectivity index (χ1) is 11.7. The zero-order chi connectivity index (χ0) is 16.7. The molecule has 0 atom stereocenters. The summed E-state index contributed by atoms with van der Waals surface area (Å²) in [5.41, 5.74) is 3.60. The number of para-hydroxylation sites is 2. The highest BCUT2D eigenvalue weighted by molar-refractivity contribution is 6.04. The second kappa shape index (κ2) is 5.32. The minimum absolute atomic E-state index is 0.266. The Bertz CT molecular complexity index is 1150. The molecule has 6 nitrogen and oxygen atoms in total. The van der Waals surface area contributed by atoms with Gasteiger partial charge in [0.1, 0.15) is 17.1 Å². The van der Waals surface area contributed by atoms with Crippen LogP contribution < -0.4 is 0 Å². The smallest absolute Gasteiger partial charge is 0.340 e. The third-order valence-electron chi connectivity index (χ3n) is 3.86. The van der Waals surface area contributed by atoms with Crippen LogP contribution in [0.1, 0.15) is 22.8 Å². The predicted molar refractivity (Wildman–Crippen MR) is 88.7 cm³/mol. The maximum atomic E-state index is 12.3. The van der Waals surface area contributed by atoms with Crippen LogP contribution in [0.15, 0.2) is 42.6 Å². The van der Waals surface area contributed by atoms with Gasteiger partial charge in [0, 0.05) is 6.20 Å². The first-order valence-corrected chi connectivity index (χ1v) is 7.51. The normalized spacial score (nSPS) is 11.0. The molecule has 1 aromatic carbocycles. The highest BCUT2D eigenvalue weighted by Crippen LogP contribution is 2.28. The van der Waals surface area contributed by atoms with E-state index in [1.165, 1.54) is 0 Å². The van der Waals surface area contributed by atoms with Gasteiger partial charge in [-0.2, -0.15) is 5.26 Å². The molecule has 6 heteroatoms. The fourth-order valence-corrected chi connectivity index (χ4v) is 2.86. The van der Waals surface area contributed by atoms with Gasteiger partial charge in [-0.25, -0.2) is 14.8 Å². The number of aromatic nitrogens is 3. The molecular formula is C18H12N4O2. The Morgan fingerprint density at radius 2 is 1.96 bits per heavy atom. The molecule has 0 aliphatic rings. The number of fused-ring (bicyclic) bond motifs is 4. The third kappa shape index (κ3) is 1.92. The van der Waals surface area contributed by atoms with Crippen LogP contribution in [0.25, 0.3) is 27.7 Å². The molecule has 0 fully saturated rings. The van der Waals surface area contributed by atoms with Crippen LogP contribution in [0.2, 0.25) is 0 Å². The Balaban J connectivity index is 2.18. The topological polar surface area (TPSA) is 80.3 Å². The monoisotopic (exact) mass is 316 g/mol. The highest BCUT2D eigenvalue weighted by atomic mass is 16.5. The number of ether oxygens (including phenoxy) is 1. The van der Waals surface area contributed by atoms with Crippen molar-refractivity contribution in [3.63, 3.8) is 0 Å². The number of nitrogens with zero attached hydrogens (tertiary/aromatic N) is 4. The van der Waals surface area contributed by atoms with Gasteiger partial charge in [0.25, 0.3) is 0 Å². The van der Waals surface area contributed by atoms with Crippen molar-refractivity contribution in [2.45, 2.75) is 6.92 Å². The van der Waals surface area contributed by atoms with Crippen molar-refractivity contribution < 1.29 is 9.53 Å². The van der Waals surface area contributed by atoms with Crippen LogP contribution >= 0.6 is 0 Å². The van der Waals surface area contributed by atoms with Gasteiger partial charge in [-0.1, -0.05) is 12.1 Å². The maximum absolute atomic E-state index is 12.3. The number of esters is 1. The molecule has 3 aromatic heterocycles. The average Bonchev–Trinajstić information content (AvgIpc) is 2.92. The summed E-state index contributed by atoms with van der Waals surface area (Å²) >= 11 is 0. The van der Waals surface area contributed by atoms with Gasteiger partial charge in [-0.3, -0.25) is 4.40 Å². The molecule has 0 spiro atoms. The average molecular weight is 316 g/mol. The molecule has 3 heterocycles. The van der Waals surface area contributed by atoms with Crippen LogP contribution in [0.3, 0.4) is 0 Å². The molecule has 0 aliphatic carbocycles. The fraction of sp³-hybridized carbons (Fsp3) is 0.111. The van der Waals surface area contributed by atoms with Crippen molar-refractivity contribution in [1.82, 2.24) is 14.4 Å². The Morgan fingerprint density at radius 3 is 2.67 bits per heavy atom. The number of carbonyl (C=O) groups excluding carboxylic acids is 1. The standard InChI is InChI=1S/C18H12N4O2/c1-2-24-18(23)11-6-5-9-22-16(11)12(10-19)15-17(22)21-14-8-4-3-7-13(14)20-15/h3-9H,2H2,1H3. The highest BCUT2D eigenvalue weighted by Gasteiger charge is 2.21. The van der Waals surface area contributed by atoms with Crippen molar-refractivity contribution in [3.8, 4) is 6.07 Å². The summed E-state index contributed by atoms with van der Waals surface area (Å²) in [5, 5.41) is 9.65. The molecule has 4 aromatic rings. The molecule has 0 N–H and O–H groups in total. The number of carbonyl (C=O) groups is 1. The maximum Gasteiger partial charge on any atom is 0.340 e. The number of pyridine rings is 1. The lowest BCUT2D eigenvalue weighted by molar-refractivity contribution is 0.0528. The minimum Gasteiger partial charge on any atom is -0.462 e. The van der Waals surface area contributed by atoms with Gasteiger partial charge in [-0.15, -0.1) is 0 Å². The van der Waals surface area contributed by atoms with E-state index in [2.05, 4.69) is 16.0 Å². The number of rotatable bonds is 2. The quantitative estimate of drug-likeness (QED) is 0.531. The van der Waals surface area contributed by atoms with E-state index in [1.54, 1.807) is 29.7 Å². The molecule has 0 amide bonds. The Kier molecular flexibility index (Phi) is 3.14. The van der Waals surface area contributed by atoms with Gasteiger partial charge in [-0.05, 0) is 31.2 Å². The van der Waals surface area contributed by atoms with Gasteiger partial charge >= 0.3 is 5.97 Å². The Morgan fingerprint density at radius 1 is 1.21 bits per heavy atom. The second-order valence-electron chi connectivity index (χ2n) is 5.23. The largest absolute Gasteiger partial charge is 0.462 e. The van der Waals surface area contributed by atoms with E-state index in [0.29, 0.717) is 33.3 Å². The molecular weight excluding hydrogens is 304 g/mol. The summed E-state index contributed by atoms with van der Waals surface area (Å²) in [6, 6.07) is 13.0. The molecule has 0 saturated carbocycles. The molecule has 0 bridgehead atoms. The van der Waals surface area contributed by atoms with Crippen molar-refractivity contribution in [2.24, 2.45) is 0 Å². The van der Waals surface area contributed by atoms with E-state index >= 15 is 0 Å². The minimum atomic E-state index is -0.466. The van der Waals surface area contributed by atoms with Crippen LogP contribution in [0, 0.1) is 11.3 Å². The van der Waals surface area contributed by atoms with Crippen LogP contribution in [-0.4, -0.2) is 26.9 Å². The summed E-state index contributed by atoms with van der Waals surface area (Å²) in [4.78, 5) is 21.4. The van der Waals surface area contributed by atoms with Gasteiger partial charge in [0.15, 0.2) is 5.65 Å². The number of nitriles is 1. The van der Waals surface area contributed by atoms with Gasteiger partial charge in [0.2, 0.25) is 0 Å². The van der Waals surface area contributed by atoms with E-state index in [4.69, 9.17) is 4.74 Å². The van der Waals surface area contributed by atoms with Gasteiger partial charge in [0.05, 0.1) is 28.7 Å². The summed E-state index contributed by atoms with van der Waals surface area (Å²) < 4.78 is 6.83. The van der Waals surface area contributed by atoms with E-state index in [0.717, 1.165) is 5.52 Å². The predicted octanol–water partition coefficient (Wildman–Crippen LogP) is 3.08. The lowest BCUT2D eigenvalue weighted by atomic mass is 10.1. The van der Waals surface area contributed by atoms with E-state index in [-0.39, 0.29) is 6.61 Å². The molecule has 116 valence electrons. The Labute approximate surface area is 136 Å². The number of benzene rings is 1. The summed E-state index contributed by atoms with van der Waals surface area (Å²) in [6.45, 7) is 2.01. The van der Waals surface area contributed by atoms with E-state index in [1.807, 2.05) is 24.3 Å². The lowest BCUT2D eigenvalue weighted by Gasteiger charge is -2.04.